The van der Waals surface area contributed by atoms with E-state index in [2.05, 4.69) is 16.0 Å². The number of carbonyl (C=O) groups is 4. The molecule has 8 nitrogen and oxygen atoms in total. The molecule has 0 aliphatic carbocycles. The fourth-order valence-electron chi connectivity index (χ4n) is 4.91. The number of halogens is 1. The van der Waals surface area contributed by atoms with Gasteiger partial charge in [-0.3, -0.25) is 14.4 Å². The predicted molar refractivity (Wildman–Crippen MR) is 198 cm³/mol. The third-order valence-electron chi connectivity index (χ3n) is 7.55. The van der Waals surface area contributed by atoms with Gasteiger partial charge < -0.3 is 20.7 Å². The van der Waals surface area contributed by atoms with Crippen LogP contribution in [0.4, 0.5) is 15.1 Å². The minimum atomic E-state index is -0.665. The number of thiophene rings is 1. The van der Waals surface area contributed by atoms with Gasteiger partial charge in [-0.25, -0.2) is 9.18 Å². The lowest BCUT2D eigenvalue weighted by molar-refractivity contribution is -0.116. The Morgan fingerprint density at radius 1 is 0.900 bits per heavy atom. The third-order valence-corrected chi connectivity index (χ3v) is 9.80. The van der Waals surface area contributed by atoms with Crippen molar-refractivity contribution in [1.82, 2.24) is 5.32 Å². The van der Waals surface area contributed by atoms with Gasteiger partial charge in [-0.05, 0) is 61.4 Å². The molecule has 0 saturated carbocycles. The standard InChI is InChI=1S/C39H34FN3O5S2/c1-4-33(37(46)43-38-34(39(47)48-3)30(23-49-38)25-19-17-24(2)18-20-25)50-29-15-10-14-28(22-29)41-36(45)32(21-27-13-8-9-16-31(27)40)42-35(44)26-11-6-5-7-12-26/h5-23,33H,4H2,1-3H3,(H,41,45)(H,42,44)(H,43,46)/b32-21-. The normalized spacial score (nSPS) is 11.7. The predicted octanol–water partition coefficient (Wildman–Crippen LogP) is 8.57. The van der Waals surface area contributed by atoms with Gasteiger partial charge in [0.25, 0.3) is 11.8 Å². The van der Waals surface area contributed by atoms with Crippen molar-refractivity contribution in [2.75, 3.05) is 17.7 Å². The molecule has 5 rings (SSSR count). The molecule has 0 spiro atoms. The van der Waals surface area contributed by atoms with Crippen molar-refractivity contribution in [3.8, 4) is 11.1 Å². The molecule has 0 bridgehead atoms. The lowest BCUT2D eigenvalue weighted by Gasteiger charge is -2.16. The molecule has 0 radical (unpaired) electrons. The van der Waals surface area contributed by atoms with Crippen molar-refractivity contribution in [2.45, 2.75) is 30.4 Å². The molecule has 0 fully saturated rings. The van der Waals surface area contributed by atoms with E-state index in [4.69, 9.17) is 4.74 Å². The second-order valence-corrected chi connectivity index (χ2v) is 13.3. The molecule has 3 N–H and O–H groups in total. The van der Waals surface area contributed by atoms with E-state index in [9.17, 15) is 23.6 Å². The molecule has 3 amide bonds. The van der Waals surface area contributed by atoms with Gasteiger partial charge in [-0.2, -0.15) is 0 Å². The molecule has 1 atom stereocenters. The maximum absolute atomic E-state index is 14.5. The number of hydrogen-bond acceptors (Lipinski definition) is 7. The van der Waals surface area contributed by atoms with Gasteiger partial charge in [0.1, 0.15) is 22.1 Å². The van der Waals surface area contributed by atoms with Crippen LogP contribution < -0.4 is 16.0 Å². The smallest absolute Gasteiger partial charge is 0.341 e. The monoisotopic (exact) mass is 707 g/mol. The SMILES string of the molecule is CCC(Sc1cccc(NC(=O)/C(=C/c2ccccc2F)NC(=O)c2ccccc2)c1)C(=O)Nc1scc(-c2ccc(C)cc2)c1C(=O)OC. The number of anilines is 2. The zero-order chi connectivity index (χ0) is 35.6. The third kappa shape index (κ3) is 8.93. The van der Waals surface area contributed by atoms with Crippen LogP contribution in [0.3, 0.4) is 0 Å². The van der Waals surface area contributed by atoms with Crippen LogP contribution >= 0.6 is 23.1 Å². The maximum Gasteiger partial charge on any atom is 0.341 e. The van der Waals surface area contributed by atoms with Gasteiger partial charge in [0.05, 0.1) is 12.4 Å². The number of hydrogen-bond donors (Lipinski definition) is 3. The zero-order valence-electron chi connectivity index (χ0n) is 27.5. The molecule has 11 heteroatoms. The molecular weight excluding hydrogens is 674 g/mol. The van der Waals surface area contributed by atoms with Crippen molar-refractivity contribution in [1.29, 1.82) is 0 Å². The van der Waals surface area contributed by atoms with Crippen LogP contribution in [0.2, 0.25) is 0 Å². The Kier molecular flexibility index (Phi) is 12.0. The average molecular weight is 708 g/mol. The van der Waals surface area contributed by atoms with Gasteiger partial charge in [-0.15, -0.1) is 23.1 Å². The Labute approximate surface area is 297 Å². The Bertz CT molecular complexity index is 2040. The quantitative estimate of drug-likeness (QED) is 0.0681. The van der Waals surface area contributed by atoms with E-state index in [0.29, 0.717) is 33.1 Å². The van der Waals surface area contributed by atoms with Crippen molar-refractivity contribution >= 4 is 63.6 Å². The number of methoxy groups -OCH3 is 1. The summed E-state index contributed by atoms with van der Waals surface area (Å²) in [5, 5.41) is 9.99. The Hall–Kier alpha value is -5.52. The van der Waals surface area contributed by atoms with Gasteiger partial charge in [0.15, 0.2) is 0 Å². The first-order valence-electron chi connectivity index (χ1n) is 15.6. The Morgan fingerprint density at radius 3 is 2.32 bits per heavy atom. The molecule has 0 aliphatic heterocycles. The summed E-state index contributed by atoms with van der Waals surface area (Å²) in [5.74, 6) is -2.60. The summed E-state index contributed by atoms with van der Waals surface area (Å²) in [5.41, 5.74) is 3.57. The molecule has 254 valence electrons. The highest BCUT2D eigenvalue weighted by molar-refractivity contribution is 8.00. The van der Waals surface area contributed by atoms with Crippen molar-refractivity contribution in [3.63, 3.8) is 0 Å². The highest BCUT2D eigenvalue weighted by Crippen LogP contribution is 2.37. The van der Waals surface area contributed by atoms with E-state index in [-0.39, 0.29) is 22.7 Å². The number of thioether (sulfide) groups is 1. The van der Waals surface area contributed by atoms with E-state index in [1.54, 1.807) is 54.6 Å². The summed E-state index contributed by atoms with van der Waals surface area (Å²) in [6, 6.07) is 28.9. The van der Waals surface area contributed by atoms with Crippen molar-refractivity contribution in [2.24, 2.45) is 0 Å². The molecule has 4 aromatic carbocycles. The van der Waals surface area contributed by atoms with Crippen LogP contribution in [0.25, 0.3) is 17.2 Å². The minimum Gasteiger partial charge on any atom is -0.465 e. The fourth-order valence-corrected chi connectivity index (χ4v) is 6.89. The van der Waals surface area contributed by atoms with Gasteiger partial charge in [0, 0.05) is 32.7 Å². The highest BCUT2D eigenvalue weighted by Gasteiger charge is 2.26. The number of nitrogens with one attached hydrogen (secondary N) is 3. The minimum absolute atomic E-state index is 0.124. The Balaban J connectivity index is 1.32. The molecule has 1 unspecified atom stereocenters. The van der Waals surface area contributed by atoms with Crippen LogP contribution in [-0.4, -0.2) is 36.1 Å². The summed E-state index contributed by atoms with van der Waals surface area (Å²) in [6.07, 6.45) is 1.75. The summed E-state index contributed by atoms with van der Waals surface area (Å²) in [6.45, 7) is 3.86. The van der Waals surface area contributed by atoms with E-state index >= 15 is 0 Å². The van der Waals surface area contributed by atoms with Crippen molar-refractivity contribution in [3.05, 3.63) is 142 Å². The first-order chi connectivity index (χ1) is 24.2. The second kappa shape index (κ2) is 16.7. The number of carbonyl (C=O) groups excluding carboxylic acids is 4. The summed E-state index contributed by atoms with van der Waals surface area (Å²) in [4.78, 5) is 53.5. The first-order valence-corrected chi connectivity index (χ1v) is 17.4. The summed E-state index contributed by atoms with van der Waals surface area (Å²) < 4.78 is 19.6. The van der Waals surface area contributed by atoms with Gasteiger partial charge >= 0.3 is 5.97 Å². The fraction of sp³-hybridized carbons (Fsp3) is 0.128. The van der Waals surface area contributed by atoms with E-state index in [1.807, 2.05) is 49.6 Å². The van der Waals surface area contributed by atoms with Gasteiger partial charge in [-0.1, -0.05) is 79.2 Å². The number of ether oxygens (including phenoxy) is 1. The highest BCUT2D eigenvalue weighted by atomic mass is 32.2. The van der Waals surface area contributed by atoms with E-state index < -0.39 is 28.9 Å². The van der Waals surface area contributed by atoms with E-state index in [1.165, 1.54) is 54.5 Å². The Morgan fingerprint density at radius 2 is 1.62 bits per heavy atom. The number of esters is 1. The van der Waals surface area contributed by atoms with Crippen LogP contribution in [0, 0.1) is 12.7 Å². The topological polar surface area (TPSA) is 114 Å². The number of rotatable bonds is 12. The van der Waals surface area contributed by atoms with Crippen LogP contribution in [-0.2, 0) is 14.3 Å². The van der Waals surface area contributed by atoms with Gasteiger partial charge in [0.2, 0.25) is 5.91 Å². The maximum atomic E-state index is 14.5. The largest absolute Gasteiger partial charge is 0.465 e. The number of amides is 3. The average Bonchev–Trinajstić information content (AvgIpc) is 3.54. The first kappa shape index (κ1) is 35.8. The summed E-state index contributed by atoms with van der Waals surface area (Å²) in [7, 11) is 1.30. The molecule has 1 aromatic heterocycles. The molecular formula is C39H34FN3O5S2. The van der Waals surface area contributed by atoms with E-state index in [0.717, 1.165) is 11.1 Å². The van der Waals surface area contributed by atoms with Crippen molar-refractivity contribution < 1.29 is 28.3 Å². The van der Waals surface area contributed by atoms with Crippen LogP contribution in [0.5, 0.6) is 0 Å². The van der Waals surface area contributed by atoms with Crippen LogP contribution in [0.1, 0.15) is 45.2 Å². The molecule has 0 saturated heterocycles. The molecule has 1 heterocycles. The summed E-state index contributed by atoms with van der Waals surface area (Å²) >= 11 is 2.54. The lowest BCUT2D eigenvalue weighted by Crippen LogP contribution is -2.30. The number of benzene rings is 4. The number of aryl methyl sites for hydroxylation is 1. The molecule has 50 heavy (non-hydrogen) atoms. The second-order valence-electron chi connectivity index (χ2n) is 11.1. The zero-order valence-corrected chi connectivity index (χ0v) is 29.1. The molecule has 5 aromatic rings. The molecule has 0 aliphatic rings. The lowest BCUT2D eigenvalue weighted by atomic mass is 10.0. The van der Waals surface area contributed by atoms with Crippen LogP contribution in [0.15, 0.2) is 119 Å².